The van der Waals surface area contributed by atoms with Crippen LogP contribution in [0.3, 0.4) is 0 Å². The lowest BCUT2D eigenvalue weighted by Crippen LogP contribution is -2.28. The molecule has 0 fully saturated rings. The van der Waals surface area contributed by atoms with Gasteiger partial charge in [-0.3, -0.25) is 14.6 Å². The highest BCUT2D eigenvalue weighted by atomic mass is 35.5. The first-order valence-electron chi connectivity index (χ1n) is 8.78. The van der Waals surface area contributed by atoms with Crippen molar-refractivity contribution in [1.82, 2.24) is 20.6 Å². The van der Waals surface area contributed by atoms with Crippen molar-refractivity contribution < 1.29 is 14.3 Å². The number of anilines is 1. The summed E-state index contributed by atoms with van der Waals surface area (Å²) in [6, 6.07) is 3.34. The highest BCUT2D eigenvalue weighted by Gasteiger charge is 2.11. The molecule has 1 heterocycles. The highest BCUT2D eigenvalue weighted by Crippen LogP contribution is 2.36. The summed E-state index contributed by atoms with van der Waals surface area (Å²) in [7, 11) is 0. The number of amides is 1. The fourth-order valence-electron chi connectivity index (χ4n) is 2.21. The Balaban J connectivity index is 1.90. The number of hydrazone groups is 1. The second kappa shape index (κ2) is 10.9. The van der Waals surface area contributed by atoms with E-state index in [0.717, 1.165) is 0 Å². The van der Waals surface area contributed by atoms with Crippen LogP contribution < -0.4 is 31.5 Å². The first-order valence-corrected chi connectivity index (χ1v) is 9.16. The monoisotopic (exact) mass is 424 g/mol. The van der Waals surface area contributed by atoms with Crippen LogP contribution in [0.2, 0.25) is 5.02 Å². The van der Waals surface area contributed by atoms with Crippen LogP contribution in [0.4, 0.5) is 5.82 Å². The van der Waals surface area contributed by atoms with Crippen molar-refractivity contribution in [3.8, 4) is 11.5 Å². The fraction of sp³-hybridized carbons (Fsp3) is 0.353. The number of rotatable bonds is 10. The molecule has 0 aliphatic heterocycles. The number of carbonyl (C=O) groups excluding carboxylic acids is 1. The normalized spacial score (nSPS) is 10.7. The minimum atomic E-state index is -0.713. The van der Waals surface area contributed by atoms with Gasteiger partial charge in [-0.05, 0) is 31.5 Å². The Bertz CT molecular complexity index is 987. The first-order chi connectivity index (χ1) is 13.9. The van der Waals surface area contributed by atoms with Crippen LogP contribution in [0.25, 0.3) is 0 Å². The topological polar surface area (TPSA) is 151 Å². The lowest BCUT2D eigenvalue weighted by Gasteiger charge is -2.13. The predicted molar refractivity (Wildman–Crippen MR) is 108 cm³/mol. The third kappa shape index (κ3) is 6.64. The fourth-order valence-corrected chi connectivity index (χ4v) is 2.48. The number of benzene rings is 1. The van der Waals surface area contributed by atoms with Crippen LogP contribution in [0.15, 0.2) is 26.8 Å². The van der Waals surface area contributed by atoms with E-state index in [2.05, 4.69) is 26.0 Å². The van der Waals surface area contributed by atoms with Crippen LogP contribution >= 0.6 is 11.6 Å². The van der Waals surface area contributed by atoms with E-state index in [1.165, 1.54) is 6.21 Å². The minimum Gasteiger partial charge on any atom is -0.490 e. The average Bonchev–Trinajstić information content (AvgIpc) is 2.66. The predicted octanol–water partition coefficient (Wildman–Crippen LogP) is 0.861. The number of carbonyl (C=O) groups is 1. The summed E-state index contributed by atoms with van der Waals surface area (Å²) in [5, 5.41) is 12.5. The van der Waals surface area contributed by atoms with Gasteiger partial charge in [0.15, 0.2) is 11.5 Å². The van der Waals surface area contributed by atoms with Crippen molar-refractivity contribution >= 4 is 29.5 Å². The van der Waals surface area contributed by atoms with Gasteiger partial charge in [0.2, 0.25) is 11.7 Å². The maximum absolute atomic E-state index is 11.8. The molecule has 2 rings (SSSR count). The molecule has 4 N–H and O–H groups in total. The number of nitrogens with zero attached hydrogens (tertiary/aromatic N) is 2. The van der Waals surface area contributed by atoms with Gasteiger partial charge in [-0.1, -0.05) is 11.6 Å². The van der Waals surface area contributed by atoms with E-state index in [1.807, 2.05) is 18.8 Å². The van der Waals surface area contributed by atoms with Crippen molar-refractivity contribution in [2.75, 3.05) is 25.1 Å². The largest absolute Gasteiger partial charge is 0.490 e. The molecule has 0 unspecified atom stereocenters. The Kier molecular flexibility index (Phi) is 8.22. The number of nitrogens with one attached hydrogen (secondary N) is 4. The molecular formula is C17H21ClN6O5. The van der Waals surface area contributed by atoms with Crippen LogP contribution in [-0.2, 0) is 4.79 Å². The summed E-state index contributed by atoms with van der Waals surface area (Å²) >= 11 is 6.22. The van der Waals surface area contributed by atoms with E-state index >= 15 is 0 Å². The molecule has 0 atom stereocenters. The maximum atomic E-state index is 11.8. The molecule has 1 amide bonds. The number of hydrogen-bond acceptors (Lipinski definition) is 8. The van der Waals surface area contributed by atoms with Gasteiger partial charge in [0.25, 0.3) is 5.56 Å². The zero-order chi connectivity index (χ0) is 21.2. The zero-order valence-electron chi connectivity index (χ0n) is 15.9. The second-order valence-corrected chi connectivity index (χ2v) is 5.93. The molecule has 0 aliphatic rings. The third-order valence-electron chi connectivity index (χ3n) is 3.38. The second-order valence-electron chi connectivity index (χ2n) is 5.52. The standard InChI is InChI=1S/C17H21ClN6O5/c1-3-28-12-8-10(7-11(18)14(12)29-4-2)9-20-22-13(25)5-6-19-15-16(26)21-17(27)24-23-15/h7-9H,3-6H2,1-2H3,(H,19,23)(H,22,25)(H2,21,24,26,27)/b20-9+. The molecular weight excluding hydrogens is 404 g/mol. The van der Waals surface area contributed by atoms with Gasteiger partial charge >= 0.3 is 5.69 Å². The Morgan fingerprint density at radius 3 is 2.72 bits per heavy atom. The summed E-state index contributed by atoms with van der Waals surface area (Å²) in [5.74, 6) is 0.455. The van der Waals surface area contributed by atoms with E-state index in [-0.39, 0.29) is 18.8 Å². The van der Waals surface area contributed by atoms with E-state index in [1.54, 1.807) is 12.1 Å². The maximum Gasteiger partial charge on any atom is 0.342 e. The van der Waals surface area contributed by atoms with Gasteiger partial charge < -0.3 is 14.8 Å². The number of ether oxygens (including phenoxy) is 2. The minimum absolute atomic E-state index is 0.0197. The molecule has 0 saturated heterocycles. The number of hydrogen-bond donors (Lipinski definition) is 4. The molecule has 0 bridgehead atoms. The van der Waals surface area contributed by atoms with Crippen molar-refractivity contribution in [1.29, 1.82) is 0 Å². The van der Waals surface area contributed by atoms with Gasteiger partial charge in [-0.25, -0.2) is 15.3 Å². The van der Waals surface area contributed by atoms with Crippen molar-refractivity contribution in [2.24, 2.45) is 5.10 Å². The van der Waals surface area contributed by atoms with Crippen LogP contribution in [0.1, 0.15) is 25.8 Å². The summed E-state index contributed by atoms with van der Waals surface area (Å²) in [6.45, 7) is 4.68. The van der Waals surface area contributed by atoms with E-state index < -0.39 is 17.2 Å². The van der Waals surface area contributed by atoms with E-state index in [4.69, 9.17) is 21.1 Å². The third-order valence-corrected chi connectivity index (χ3v) is 3.66. The molecule has 29 heavy (non-hydrogen) atoms. The first kappa shape index (κ1) is 22.0. The molecule has 1 aromatic carbocycles. The lowest BCUT2D eigenvalue weighted by molar-refractivity contribution is -0.120. The average molecular weight is 425 g/mol. The lowest BCUT2D eigenvalue weighted by atomic mass is 10.2. The molecule has 12 heteroatoms. The molecule has 156 valence electrons. The summed E-state index contributed by atoms with van der Waals surface area (Å²) < 4.78 is 11.0. The molecule has 11 nitrogen and oxygen atoms in total. The summed E-state index contributed by atoms with van der Waals surface area (Å²) in [6.07, 6.45) is 1.44. The van der Waals surface area contributed by atoms with E-state index in [9.17, 15) is 14.4 Å². The van der Waals surface area contributed by atoms with E-state index in [0.29, 0.717) is 35.3 Å². The van der Waals surface area contributed by atoms with Gasteiger partial charge in [-0.2, -0.15) is 5.10 Å². The number of halogens is 1. The summed E-state index contributed by atoms with van der Waals surface area (Å²) in [4.78, 5) is 36.2. The molecule has 2 aromatic rings. The number of aromatic amines is 2. The van der Waals surface area contributed by atoms with Crippen molar-refractivity contribution in [3.63, 3.8) is 0 Å². The van der Waals surface area contributed by atoms with Crippen molar-refractivity contribution in [2.45, 2.75) is 20.3 Å². The zero-order valence-corrected chi connectivity index (χ0v) is 16.6. The van der Waals surface area contributed by atoms with Crippen LogP contribution in [0, 0.1) is 0 Å². The Labute approximate surface area is 170 Å². The number of aromatic nitrogens is 3. The highest BCUT2D eigenvalue weighted by molar-refractivity contribution is 6.32. The van der Waals surface area contributed by atoms with Gasteiger partial charge in [0, 0.05) is 13.0 Å². The van der Waals surface area contributed by atoms with Gasteiger partial charge in [0.05, 0.1) is 24.5 Å². The van der Waals surface area contributed by atoms with Crippen molar-refractivity contribution in [3.05, 3.63) is 43.6 Å². The Hall–Kier alpha value is -3.34. The quantitative estimate of drug-likeness (QED) is 0.326. The Morgan fingerprint density at radius 1 is 1.28 bits per heavy atom. The number of H-pyrrole nitrogens is 2. The molecule has 0 saturated carbocycles. The Morgan fingerprint density at radius 2 is 2.03 bits per heavy atom. The van der Waals surface area contributed by atoms with Crippen LogP contribution in [-0.4, -0.2) is 47.1 Å². The SMILES string of the molecule is CCOc1cc(/C=N/NC(=O)CCNc2n[nH]c(=O)[nH]c2=O)cc(Cl)c1OCC. The summed E-state index contributed by atoms with van der Waals surface area (Å²) in [5.41, 5.74) is 1.59. The molecule has 0 radical (unpaired) electrons. The molecule has 1 aromatic heterocycles. The van der Waals surface area contributed by atoms with Crippen LogP contribution in [0.5, 0.6) is 11.5 Å². The molecule has 0 spiro atoms. The van der Waals surface area contributed by atoms with Gasteiger partial charge in [0.1, 0.15) is 0 Å². The van der Waals surface area contributed by atoms with Gasteiger partial charge in [-0.15, -0.1) is 5.10 Å². The smallest absolute Gasteiger partial charge is 0.342 e. The molecule has 0 aliphatic carbocycles.